The Morgan fingerprint density at radius 1 is 1.48 bits per heavy atom. The van der Waals surface area contributed by atoms with E-state index >= 15 is 0 Å². The molecule has 2 aliphatic rings. The van der Waals surface area contributed by atoms with Crippen LogP contribution in [-0.4, -0.2) is 29.1 Å². The highest BCUT2D eigenvalue weighted by Crippen LogP contribution is 2.37. The summed E-state index contributed by atoms with van der Waals surface area (Å²) in [6.45, 7) is 3.91. The lowest BCUT2D eigenvalue weighted by atomic mass is 9.95. The van der Waals surface area contributed by atoms with Crippen molar-refractivity contribution in [2.45, 2.75) is 57.4 Å². The third-order valence-electron chi connectivity index (χ3n) is 4.73. The van der Waals surface area contributed by atoms with Gasteiger partial charge in [0.15, 0.2) is 5.82 Å². The fourth-order valence-electron chi connectivity index (χ4n) is 3.50. The number of nitrogens with zero attached hydrogens (tertiary/aromatic N) is 2. The molecular weight excluding hydrogens is 268 g/mol. The van der Waals surface area contributed by atoms with E-state index < -0.39 is 5.54 Å². The molecule has 1 saturated carbocycles. The summed E-state index contributed by atoms with van der Waals surface area (Å²) in [5.74, 6) is 1.96. The van der Waals surface area contributed by atoms with Gasteiger partial charge in [0, 0.05) is 13.3 Å². The van der Waals surface area contributed by atoms with Crippen LogP contribution in [-0.2, 0) is 10.3 Å². The van der Waals surface area contributed by atoms with E-state index in [1.807, 2.05) is 0 Å². The molecule has 6 heteroatoms. The monoisotopic (exact) mass is 292 g/mol. The van der Waals surface area contributed by atoms with Crippen LogP contribution < -0.4 is 10.6 Å². The minimum absolute atomic E-state index is 0.117. The van der Waals surface area contributed by atoms with E-state index in [0.29, 0.717) is 24.1 Å². The van der Waals surface area contributed by atoms with E-state index in [1.165, 1.54) is 6.42 Å². The van der Waals surface area contributed by atoms with Crippen molar-refractivity contribution in [3.63, 3.8) is 0 Å². The van der Waals surface area contributed by atoms with E-state index in [4.69, 9.17) is 4.52 Å². The molecule has 2 fully saturated rings. The maximum atomic E-state index is 12.3. The fourth-order valence-corrected chi connectivity index (χ4v) is 3.50. The third-order valence-corrected chi connectivity index (χ3v) is 4.73. The summed E-state index contributed by atoms with van der Waals surface area (Å²) in [5.41, 5.74) is -0.400. The first-order chi connectivity index (χ1) is 10.2. The van der Waals surface area contributed by atoms with Crippen molar-refractivity contribution in [2.75, 3.05) is 13.1 Å². The number of rotatable bonds is 5. The van der Waals surface area contributed by atoms with Gasteiger partial charge < -0.3 is 15.2 Å². The van der Waals surface area contributed by atoms with Gasteiger partial charge in [0.25, 0.3) is 0 Å². The van der Waals surface area contributed by atoms with Gasteiger partial charge in [-0.05, 0) is 44.7 Å². The number of carbonyl (C=O) groups excluding carboxylic acids is 1. The van der Waals surface area contributed by atoms with Crippen molar-refractivity contribution in [3.05, 3.63) is 11.7 Å². The van der Waals surface area contributed by atoms with Crippen molar-refractivity contribution in [1.29, 1.82) is 0 Å². The fraction of sp³-hybridized carbons (Fsp3) is 0.800. The van der Waals surface area contributed by atoms with Crippen LogP contribution in [0.3, 0.4) is 0 Å². The zero-order valence-corrected chi connectivity index (χ0v) is 12.7. The molecule has 0 radical (unpaired) electrons. The Kier molecular flexibility index (Phi) is 4.24. The average molecular weight is 292 g/mol. The van der Waals surface area contributed by atoms with Crippen LogP contribution in [0, 0.1) is 12.8 Å². The molecule has 1 atom stereocenters. The molecule has 0 bridgehead atoms. The van der Waals surface area contributed by atoms with Gasteiger partial charge in [-0.3, -0.25) is 4.79 Å². The van der Waals surface area contributed by atoms with Gasteiger partial charge >= 0.3 is 0 Å². The Bertz CT molecular complexity index is 488. The lowest BCUT2D eigenvalue weighted by Gasteiger charge is -2.27. The summed E-state index contributed by atoms with van der Waals surface area (Å²) in [5, 5.41) is 10.6. The zero-order valence-electron chi connectivity index (χ0n) is 12.7. The highest BCUT2D eigenvalue weighted by atomic mass is 16.5. The second-order valence-corrected chi connectivity index (χ2v) is 6.37. The highest BCUT2D eigenvalue weighted by Gasteiger charge is 2.41. The van der Waals surface area contributed by atoms with E-state index in [9.17, 15) is 4.79 Å². The van der Waals surface area contributed by atoms with Crippen molar-refractivity contribution < 1.29 is 9.32 Å². The number of nitrogens with one attached hydrogen (secondary N) is 2. The van der Waals surface area contributed by atoms with Crippen molar-refractivity contribution in [1.82, 2.24) is 20.8 Å². The van der Waals surface area contributed by atoms with Gasteiger partial charge in [0.1, 0.15) is 5.54 Å². The summed E-state index contributed by atoms with van der Waals surface area (Å²) in [6.07, 6.45) is 6.74. The largest absolute Gasteiger partial charge is 0.343 e. The number of aromatic nitrogens is 2. The lowest BCUT2D eigenvalue weighted by molar-refractivity contribution is -0.123. The Balaban J connectivity index is 1.60. The number of amides is 1. The van der Waals surface area contributed by atoms with E-state index in [2.05, 4.69) is 20.8 Å². The SMILES string of the molecule is Cc1nc(C2(NC(=O)CCC3CCNC3)CCCC2)no1. The molecule has 1 amide bonds. The second-order valence-electron chi connectivity index (χ2n) is 6.37. The van der Waals surface area contributed by atoms with Crippen LogP contribution in [0.2, 0.25) is 0 Å². The van der Waals surface area contributed by atoms with Crippen molar-refractivity contribution >= 4 is 5.91 Å². The van der Waals surface area contributed by atoms with Crippen molar-refractivity contribution in [3.8, 4) is 0 Å². The summed E-state index contributed by atoms with van der Waals surface area (Å²) < 4.78 is 5.10. The van der Waals surface area contributed by atoms with Crippen molar-refractivity contribution in [2.24, 2.45) is 5.92 Å². The first-order valence-corrected chi connectivity index (χ1v) is 8.00. The molecule has 2 heterocycles. The molecule has 0 aromatic carbocycles. The van der Waals surface area contributed by atoms with Crippen LogP contribution in [0.15, 0.2) is 4.52 Å². The quantitative estimate of drug-likeness (QED) is 0.862. The molecule has 21 heavy (non-hydrogen) atoms. The number of aryl methyl sites for hydroxylation is 1. The maximum Gasteiger partial charge on any atom is 0.223 e. The molecular formula is C15H24N4O2. The molecule has 1 unspecified atom stereocenters. The predicted octanol–water partition coefficient (Wildman–Crippen LogP) is 1.65. The Labute approximate surface area is 125 Å². The minimum Gasteiger partial charge on any atom is -0.343 e. The Hall–Kier alpha value is -1.43. The van der Waals surface area contributed by atoms with Crippen LogP contribution in [0.4, 0.5) is 0 Å². The van der Waals surface area contributed by atoms with E-state index in [1.54, 1.807) is 6.92 Å². The summed E-state index contributed by atoms with van der Waals surface area (Å²) in [6, 6.07) is 0. The Morgan fingerprint density at radius 3 is 2.90 bits per heavy atom. The summed E-state index contributed by atoms with van der Waals surface area (Å²) >= 11 is 0. The smallest absolute Gasteiger partial charge is 0.223 e. The molecule has 3 rings (SSSR count). The molecule has 1 aromatic heterocycles. The second kappa shape index (κ2) is 6.13. The number of hydrogen-bond donors (Lipinski definition) is 2. The molecule has 1 saturated heterocycles. The highest BCUT2D eigenvalue weighted by molar-refractivity contribution is 5.77. The van der Waals surface area contributed by atoms with Gasteiger partial charge in [-0.1, -0.05) is 18.0 Å². The molecule has 1 aliphatic heterocycles. The number of carbonyl (C=O) groups is 1. The van der Waals surface area contributed by atoms with Crippen LogP contribution in [0.5, 0.6) is 0 Å². The minimum atomic E-state index is -0.400. The van der Waals surface area contributed by atoms with E-state index in [-0.39, 0.29) is 5.91 Å². The van der Waals surface area contributed by atoms with Crippen LogP contribution in [0.1, 0.15) is 56.7 Å². The van der Waals surface area contributed by atoms with Gasteiger partial charge in [-0.15, -0.1) is 0 Å². The van der Waals surface area contributed by atoms with Crippen LogP contribution in [0.25, 0.3) is 0 Å². The molecule has 0 spiro atoms. The van der Waals surface area contributed by atoms with Gasteiger partial charge in [-0.2, -0.15) is 4.98 Å². The first kappa shape index (κ1) is 14.5. The predicted molar refractivity (Wildman–Crippen MR) is 77.5 cm³/mol. The Morgan fingerprint density at radius 2 is 2.29 bits per heavy atom. The van der Waals surface area contributed by atoms with Gasteiger partial charge in [0.05, 0.1) is 0 Å². The van der Waals surface area contributed by atoms with E-state index in [0.717, 1.165) is 45.2 Å². The molecule has 116 valence electrons. The maximum absolute atomic E-state index is 12.3. The first-order valence-electron chi connectivity index (χ1n) is 8.00. The van der Waals surface area contributed by atoms with Gasteiger partial charge in [0.2, 0.25) is 11.8 Å². The molecule has 2 N–H and O–H groups in total. The molecule has 1 aromatic rings. The summed E-state index contributed by atoms with van der Waals surface area (Å²) in [7, 11) is 0. The standard InChI is InChI=1S/C15H24N4O2/c1-11-17-14(19-21-11)15(7-2-3-8-15)18-13(20)5-4-12-6-9-16-10-12/h12,16H,2-10H2,1H3,(H,18,20). The molecule has 6 nitrogen and oxygen atoms in total. The topological polar surface area (TPSA) is 80.0 Å². The summed E-state index contributed by atoms with van der Waals surface area (Å²) in [4.78, 5) is 16.7. The van der Waals surface area contributed by atoms with Crippen LogP contribution >= 0.6 is 0 Å². The zero-order chi connectivity index (χ0) is 14.7. The number of hydrogen-bond acceptors (Lipinski definition) is 5. The normalized spacial score (nSPS) is 24.3. The average Bonchev–Trinajstić information content (AvgIpc) is 3.17. The lowest BCUT2D eigenvalue weighted by Crippen LogP contribution is -2.44. The molecule has 1 aliphatic carbocycles. The third kappa shape index (κ3) is 3.26. The van der Waals surface area contributed by atoms with Gasteiger partial charge in [-0.25, -0.2) is 0 Å².